The molecule has 8 aromatic rings. The SMILES string of the molecule is [Cl][W]([CH](CP(c1ccccc1)c1ccccc1)P(c1ccccc1)c1ccccc1)[CH](CP(c1ccccc1)c1ccccc1)P(c1ccccc1)c1ccccc1. The molecule has 8 aromatic carbocycles. The molecule has 287 valence electrons. The predicted octanol–water partition coefficient (Wildman–Crippen LogP) is 10.9. The number of halogens is 1. The Bertz CT molecular complexity index is 2050. The monoisotopic (exact) mass is 1010 g/mol. The van der Waals surface area contributed by atoms with E-state index in [0.717, 1.165) is 12.3 Å². The van der Waals surface area contributed by atoms with Crippen LogP contribution in [-0.4, -0.2) is 20.4 Å². The summed E-state index contributed by atoms with van der Waals surface area (Å²) in [5, 5.41) is 11.4. The van der Waals surface area contributed by atoms with Gasteiger partial charge in [-0.15, -0.1) is 0 Å². The summed E-state index contributed by atoms with van der Waals surface area (Å²) in [4.78, 5) is 0. The molecule has 0 fully saturated rings. The Morgan fingerprint density at radius 1 is 0.276 bits per heavy atom. The van der Waals surface area contributed by atoms with Crippen molar-refractivity contribution in [3.05, 3.63) is 243 Å². The number of benzene rings is 8. The van der Waals surface area contributed by atoms with Gasteiger partial charge in [0.15, 0.2) is 0 Å². The van der Waals surface area contributed by atoms with Crippen molar-refractivity contribution in [2.45, 2.75) is 8.10 Å². The van der Waals surface area contributed by atoms with E-state index >= 15 is 0 Å². The molecule has 2 atom stereocenters. The number of hydrogen-bond donors (Lipinski definition) is 0. The first-order chi connectivity index (χ1) is 28.7. The summed E-state index contributed by atoms with van der Waals surface area (Å²) in [7, 11) is 5.87. The Kier molecular flexibility index (Phi) is 15.0. The predicted molar refractivity (Wildman–Crippen MR) is 259 cm³/mol. The Hall–Kier alpha value is -3.54. The second kappa shape index (κ2) is 21.1. The molecular formula is C52H46ClP4W. The number of hydrogen-bond acceptors (Lipinski definition) is 0. The average molecular weight is 1010 g/mol. The van der Waals surface area contributed by atoms with E-state index < -0.39 is 48.0 Å². The van der Waals surface area contributed by atoms with Crippen molar-refractivity contribution in [2.75, 3.05) is 12.3 Å². The summed E-state index contributed by atoms with van der Waals surface area (Å²) in [6.07, 6.45) is 2.13. The first kappa shape index (κ1) is 41.2. The van der Waals surface area contributed by atoms with Gasteiger partial charge in [0.05, 0.1) is 0 Å². The Labute approximate surface area is 360 Å². The van der Waals surface area contributed by atoms with E-state index in [-0.39, 0.29) is 0 Å². The van der Waals surface area contributed by atoms with Crippen molar-refractivity contribution in [2.24, 2.45) is 0 Å². The molecule has 0 saturated carbocycles. The van der Waals surface area contributed by atoms with Crippen molar-refractivity contribution in [1.29, 1.82) is 0 Å². The second-order valence-electron chi connectivity index (χ2n) is 13.9. The van der Waals surface area contributed by atoms with Gasteiger partial charge < -0.3 is 0 Å². The van der Waals surface area contributed by atoms with Crippen LogP contribution in [0, 0.1) is 0 Å². The first-order valence-electron chi connectivity index (χ1n) is 19.7. The van der Waals surface area contributed by atoms with Crippen LogP contribution in [0.15, 0.2) is 243 Å². The van der Waals surface area contributed by atoms with Crippen molar-refractivity contribution >= 4 is 83.5 Å². The molecule has 58 heavy (non-hydrogen) atoms. The van der Waals surface area contributed by atoms with E-state index in [2.05, 4.69) is 243 Å². The van der Waals surface area contributed by atoms with Crippen LogP contribution in [0.1, 0.15) is 0 Å². The minimum atomic E-state index is -3.12. The quantitative estimate of drug-likeness (QED) is 0.0847. The summed E-state index contributed by atoms with van der Waals surface area (Å²) in [6.45, 7) is 0. The van der Waals surface area contributed by atoms with Gasteiger partial charge in [0.25, 0.3) is 0 Å². The van der Waals surface area contributed by atoms with E-state index in [1.165, 1.54) is 42.4 Å². The van der Waals surface area contributed by atoms with Crippen molar-refractivity contribution < 1.29 is 16.3 Å². The zero-order chi connectivity index (χ0) is 39.4. The Morgan fingerprint density at radius 2 is 0.448 bits per heavy atom. The van der Waals surface area contributed by atoms with Crippen LogP contribution in [-0.2, 0) is 16.3 Å². The topological polar surface area (TPSA) is 0 Å². The van der Waals surface area contributed by atoms with Gasteiger partial charge in [-0.05, 0) is 0 Å². The molecular weight excluding hydrogens is 968 g/mol. The molecule has 2 unspecified atom stereocenters. The summed E-state index contributed by atoms with van der Waals surface area (Å²) < 4.78 is 0.692. The molecule has 0 nitrogen and oxygen atoms in total. The van der Waals surface area contributed by atoms with Crippen LogP contribution in [0.3, 0.4) is 0 Å². The van der Waals surface area contributed by atoms with Crippen LogP contribution in [0.5, 0.6) is 0 Å². The molecule has 0 aliphatic heterocycles. The molecule has 0 radical (unpaired) electrons. The fourth-order valence-corrected chi connectivity index (χ4v) is 45.6. The van der Waals surface area contributed by atoms with Crippen LogP contribution in [0.4, 0.5) is 0 Å². The first-order valence-corrected chi connectivity index (χ1v) is 32.6. The molecule has 8 rings (SSSR count). The standard InChI is InChI=1S/2C26H23P2.ClH.W/c2*1-5-13-23(14-6-1)27(24-15-7-2-8-16-24)21-22-28(25-17-9-3-10-18-25)26-19-11-4-12-20-26;;/h2*1-21H,22H2;1H;/q;;;+1/p-1. The molecule has 6 heteroatoms. The molecule has 0 aromatic heterocycles. The van der Waals surface area contributed by atoms with E-state index in [1.54, 1.807) is 0 Å². The zero-order valence-electron chi connectivity index (χ0n) is 32.2. The van der Waals surface area contributed by atoms with Gasteiger partial charge in [-0.1, -0.05) is 0 Å². The summed E-state index contributed by atoms with van der Waals surface area (Å²) in [5.74, 6) is 0. The average Bonchev–Trinajstić information content (AvgIpc) is 3.31. The minimum absolute atomic E-state index is 0.346. The zero-order valence-corrected chi connectivity index (χ0v) is 39.5. The maximum absolute atomic E-state index is 8.89. The molecule has 0 spiro atoms. The number of rotatable bonds is 16. The van der Waals surface area contributed by atoms with Gasteiger partial charge >= 0.3 is 363 Å². The van der Waals surface area contributed by atoms with E-state index in [9.17, 15) is 0 Å². The van der Waals surface area contributed by atoms with Gasteiger partial charge in [-0.3, -0.25) is 0 Å². The normalized spacial score (nSPS) is 12.7. The van der Waals surface area contributed by atoms with Gasteiger partial charge in [-0.2, -0.15) is 0 Å². The van der Waals surface area contributed by atoms with Crippen molar-refractivity contribution in [3.8, 4) is 0 Å². The molecule has 0 heterocycles. The fraction of sp³-hybridized carbons (Fsp3) is 0.0769. The third-order valence-electron chi connectivity index (χ3n) is 10.2. The van der Waals surface area contributed by atoms with Crippen LogP contribution < -0.4 is 42.4 Å². The van der Waals surface area contributed by atoms with Crippen LogP contribution >= 0.6 is 41.1 Å². The molecule has 0 saturated heterocycles. The summed E-state index contributed by atoms with van der Waals surface area (Å²) in [6, 6.07) is 91.0. The third-order valence-corrected chi connectivity index (χ3v) is 41.5. The molecule has 0 aliphatic carbocycles. The van der Waals surface area contributed by atoms with Gasteiger partial charge in [0, 0.05) is 0 Å². The summed E-state index contributed by atoms with van der Waals surface area (Å²) in [5.41, 5.74) is 0. The van der Waals surface area contributed by atoms with Crippen molar-refractivity contribution in [3.63, 3.8) is 0 Å². The van der Waals surface area contributed by atoms with Gasteiger partial charge in [0.2, 0.25) is 0 Å². The van der Waals surface area contributed by atoms with Crippen LogP contribution in [0.25, 0.3) is 0 Å². The maximum atomic E-state index is 8.89. The van der Waals surface area contributed by atoms with E-state index in [0.29, 0.717) is 8.10 Å². The van der Waals surface area contributed by atoms with E-state index in [1.807, 2.05) is 0 Å². The fourth-order valence-electron chi connectivity index (χ4n) is 7.47. The van der Waals surface area contributed by atoms with Gasteiger partial charge in [-0.25, -0.2) is 0 Å². The summed E-state index contributed by atoms with van der Waals surface area (Å²) >= 11 is -3.12. The van der Waals surface area contributed by atoms with Crippen molar-refractivity contribution in [1.82, 2.24) is 0 Å². The second-order valence-corrected chi connectivity index (χ2v) is 35.2. The molecule has 0 N–H and O–H groups in total. The van der Waals surface area contributed by atoms with E-state index in [4.69, 9.17) is 9.42 Å². The molecule has 0 bridgehead atoms. The third kappa shape index (κ3) is 10.2. The Morgan fingerprint density at radius 3 is 0.638 bits per heavy atom. The van der Waals surface area contributed by atoms with Gasteiger partial charge in [0.1, 0.15) is 0 Å². The Balaban J connectivity index is 1.37. The van der Waals surface area contributed by atoms with Crippen LogP contribution in [0.2, 0.25) is 0 Å². The molecule has 0 aliphatic rings. The molecule has 0 amide bonds.